The van der Waals surface area contributed by atoms with E-state index in [1.807, 2.05) is 24.4 Å². The van der Waals surface area contributed by atoms with E-state index in [4.69, 9.17) is 5.73 Å². The predicted octanol–water partition coefficient (Wildman–Crippen LogP) is 2.46. The fraction of sp³-hybridized carbons (Fsp3) is 0. The maximum atomic E-state index is 5.81. The number of anilines is 1. The number of aromatic nitrogens is 1. The highest BCUT2D eigenvalue weighted by Gasteiger charge is 2.00. The Hall–Kier alpha value is -1.83. The van der Waals surface area contributed by atoms with E-state index >= 15 is 0 Å². The molecule has 2 rings (SSSR count). The highest BCUT2D eigenvalue weighted by molar-refractivity contribution is 5.94. The van der Waals surface area contributed by atoms with Crippen LogP contribution in [0.1, 0.15) is 5.56 Å². The molecule has 0 fully saturated rings. The van der Waals surface area contributed by atoms with Gasteiger partial charge in [-0.3, -0.25) is 4.98 Å². The van der Waals surface area contributed by atoms with Crippen LogP contribution in [0, 0.1) is 0 Å². The van der Waals surface area contributed by atoms with E-state index in [0.29, 0.717) is 0 Å². The zero-order valence-corrected chi connectivity index (χ0v) is 7.20. The molecular weight excluding hydrogens is 160 g/mol. The van der Waals surface area contributed by atoms with Crippen LogP contribution >= 0.6 is 0 Å². The summed E-state index contributed by atoms with van der Waals surface area (Å²) in [4.78, 5) is 4.04. The maximum Gasteiger partial charge on any atom is 0.0393 e. The molecular formula is C11H10N2. The van der Waals surface area contributed by atoms with Crippen molar-refractivity contribution in [3.63, 3.8) is 0 Å². The fourth-order valence-electron chi connectivity index (χ4n) is 1.44. The lowest BCUT2D eigenvalue weighted by atomic mass is 10.1. The number of hydrogen-bond acceptors (Lipinski definition) is 2. The first kappa shape index (κ1) is 7.80. The van der Waals surface area contributed by atoms with Crippen LogP contribution in [0.25, 0.3) is 16.8 Å². The summed E-state index contributed by atoms with van der Waals surface area (Å²) in [6.07, 6.45) is 5.36. The third-order valence-electron chi connectivity index (χ3n) is 2.10. The second-order valence-corrected chi connectivity index (χ2v) is 2.87. The van der Waals surface area contributed by atoms with Crippen LogP contribution in [0.4, 0.5) is 5.69 Å². The number of nitrogens with zero attached hydrogens (tertiary/aromatic N) is 1. The van der Waals surface area contributed by atoms with Gasteiger partial charge in [0.1, 0.15) is 0 Å². The van der Waals surface area contributed by atoms with Gasteiger partial charge in [-0.05, 0) is 17.5 Å². The molecule has 64 valence electrons. The lowest BCUT2D eigenvalue weighted by Gasteiger charge is -2.04. The van der Waals surface area contributed by atoms with Crippen LogP contribution in [0.5, 0.6) is 0 Å². The Morgan fingerprint density at radius 1 is 1.31 bits per heavy atom. The average Bonchev–Trinajstić information content (AvgIpc) is 2.18. The van der Waals surface area contributed by atoms with E-state index in [9.17, 15) is 0 Å². The van der Waals surface area contributed by atoms with Gasteiger partial charge in [0.05, 0.1) is 0 Å². The Labute approximate surface area is 76.7 Å². The normalized spacial score (nSPS) is 10.2. The first-order valence-corrected chi connectivity index (χ1v) is 4.07. The number of nitrogens with two attached hydrogens (primary N) is 1. The van der Waals surface area contributed by atoms with Gasteiger partial charge in [-0.25, -0.2) is 0 Å². The highest BCUT2D eigenvalue weighted by atomic mass is 14.6. The summed E-state index contributed by atoms with van der Waals surface area (Å²) in [6.45, 7) is 3.74. The molecule has 0 unspecified atom stereocenters. The molecule has 1 heterocycles. The molecule has 2 aromatic rings. The molecule has 0 amide bonds. The van der Waals surface area contributed by atoms with Gasteiger partial charge in [-0.15, -0.1) is 0 Å². The van der Waals surface area contributed by atoms with Crippen LogP contribution in [-0.4, -0.2) is 4.98 Å². The van der Waals surface area contributed by atoms with Gasteiger partial charge in [0.2, 0.25) is 0 Å². The highest BCUT2D eigenvalue weighted by Crippen LogP contribution is 2.23. The number of rotatable bonds is 1. The van der Waals surface area contributed by atoms with Crippen molar-refractivity contribution in [1.82, 2.24) is 4.98 Å². The second kappa shape index (κ2) is 2.90. The van der Waals surface area contributed by atoms with Crippen LogP contribution in [0.15, 0.2) is 37.2 Å². The van der Waals surface area contributed by atoms with Gasteiger partial charge < -0.3 is 5.73 Å². The van der Waals surface area contributed by atoms with E-state index < -0.39 is 0 Å². The molecule has 0 atom stereocenters. The molecule has 0 saturated heterocycles. The van der Waals surface area contributed by atoms with Crippen molar-refractivity contribution in [2.45, 2.75) is 0 Å². The predicted molar refractivity (Wildman–Crippen MR) is 56.2 cm³/mol. The Bertz CT molecular complexity index is 461. The van der Waals surface area contributed by atoms with E-state index in [1.54, 1.807) is 12.3 Å². The van der Waals surface area contributed by atoms with Crippen molar-refractivity contribution in [3.8, 4) is 0 Å². The average molecular weight is 170 g/mol. The van der Waals surface area contributed by atoms with Gasteiger partial charge >= 0.3 is 0 Å². The number of nitrogen functional groups attached to an aromatic ring is 1. The summed E-state index contributed by atoms with van der Waals surface area (Å²) in [5, 5.41) is 2.19. The number of benzene rings is 1. The largest absolute Gasteiger partial charge is 0.398 e. The minimum atomic E-state index is 0.758. The van der Waals surface area contributed by atoms with E-state index in [2.05, 4.69) is 11.6 Å². The van der Waals surface area contributed by atoms with Crippen molar-refractivity contribution < 1.29 is 0 Å². The van der Waals surface area contributed by atoms with Crippen LogP contribution in [0.3, 0.4) is 0 Å². The zero-order valence-electron chi connectivity index (χ0n) is 7.20. The molecule has 0 aliphatic heterocycles. The summed E-state index contributed by atoms with van der Waals surface area (Å²) in [5.74, 6) is 0. The quantitative estimate of drug-likeness (QED) is 0.668. The SMILES string of the molecule is C=Cc1c(N)ccc2cnccc12. The third kappa shape index (κ3) is 1.16. The zero-order chi connectivity index (χ0) is 9.26. The Morgan fingerprint density at radius 2 is 2.15 bits per heavy atom. The maximum absolute atomic E-state index is 5.81. The van der Waals surface area contributed by atoms with E-state index in [1.165, 1.54) is 0 Å². The molecule has 0 aliphatic rings. The van der Waals surface area contributed by atoms with Crippen LogP contribution in [-0.2, 0) is 0 Å². The molecule has 0 spiro atoms. The summed E-state index contributed by atoms with van der Waals surface area (Å²) >= 11 is 0. The molecule has 1 aromatic heterocycles. The second-order valence-electron chi connectivity index (χ2n) is 2.87. The molecule has 2 N–H and O–H groups in total. The van der Waals surface area contributed by atoms with Crippen molar-refractivity contribution >= 4 is 22.5 Å². The van der Waals surface area contributed by atoms with E-state index in [0.717, 1.165) is 22.0 Å². The molecule has 0 aliphatic carbocycles. The van der Waals surface area contributed by atoms with Crippen LogP contribution < -0.4 is 5.73 Å². The molecule has 2 heteroatoms. The Morgan fingerprint density at radius 3 is 2.92 bits per heavy atom. The summed E-state index contributed by atoms with van der Waals surface area (Å²) in [6, 6.07) is 5.79. The lowest BCUT2D eigenvalue weighted by Crippen LogP contribution is -1.90. The number of hydrogen-bond donors (Lipinski definition) is 1. The van der Waals surface area contributed by atoms with Crippen LogP contribution in [0.2, 0.25) is 0 Å². The monoisotopic (exact) mass is 170 g/mol. The molecule has 0 radical (unpaired) electrons. The molecule has 13 heavy (non-hydrogen) atoms. The first-order valence-electron chi connectivity index (χ1n) is 4.07. The van der Waals surface area contributed by atoms with Gasteiger partial charge in [-0.2, -0.15) is 0 Å². The van der Waals surface area contributed by atoms with Crippen molar-refractivity contribution in [2.75, 3.05) is 5.73 Å². The first-order chi connectivity index (χ1) is 6.33. The minimum absolute atomic E-state index is 0.758. The van der Waals surface area contributed by atoms with Gasteiger partial charge in [0, 0.05) is 29.0 Å². The lowest BCUT2D eigenvalue weighted by molar-refractivity contribution is 1.36. The van der Waals surface area contributed by atoms with Crippen molar-refractivity contribution in [1.29, 1.82) is 0 Å². The third-order valence-corrected chi connectivity index (χ3v) is 2.10. The van der Waals surface area contributed by atoms with Crippen molar-refractivity contribution in [2.24, 2.45) is 0 Å². The molecule has 1 aromatic carbocycles. The smallest absolute Gasteiger partial charge is 0.0393 e. The summed E-state index contributed by atoms with van der Waals surface area (Å²) in [5.41, 5.74) is 7.55. The van der Waals surface area contributed by atoms with Gasteiger partial charge in [0.25, 0.3) is 0 Å². The fourth-order valence-corrected chi connectivity index (χ4v) is 1.44. The summed E-state index contributed by atoms with van der Waals surface area (Å²) in [7, 11) is 0. The number of fused-ring (bicyclic) bond motifs is 1. The Balaban J connectivity index is 2.91. The van der Waals surface area contributed by atoms with Gasteiger partial charge in [-0.1, -0.05) is 18.7 Å². The van der Waals surface area contributed by atoms with E-state index in [-0.39, 0.29) is 0 Å². The Kier molecular flexibility index (Phi) is 1.74. The van der Waals surface area contributed by atoms with Crippen molar-refractivity contribution in [3.05, 3.63) is 42.7 Å². The standard InChI is InChI=1S/C11H10N2/c1-2-9-10-5-6-13-7-8(10)3-4-11(9)12/h2-7H,1,12H2. The molecule has 0 bridgehead atoms. The topological polar surface area (TPSA) is 38.9 Å². The molecule has 2 nitrogen and oxygen atoms in total. The number of pyridine rings is 1. The summed E-state index contributed by atoms with van der Waals surface area (Å²) < 4.78 is 0. The van der Waals surface area contributed by atoms with Gasteiger partial charge in [0.15, 0.2) is 0 Å². The minimum Gasteiger partial charge on any atom is -0.398 e. The molecule has 0 saturated carbocycles.